The number of rotatable bonds is 3. The maximum atomic E-state index is 12.6. The van der Waals surface area contributed by atoms with Crippen molar-refractivity contribution in [2.45, 2.75) is 6.92 Å². The predicted molar refractivity (Wildman–Crippen MR) is 128 cm³/mol. The number of urea groups is 1. The zero-order valence-corrected chi connectivity index (χ0v) is 18.4. The van der Waals surface area contributed by atoms with Gasteiger partial charge in [-0.05, 0) is 48.9 Å². The minimum atomic E-state index is -0.0627. The van der Waals surface area contributed by atoms with Crippen molar-refractivity contribution in [1.29, 1.82) is 0 Å². The van der Waals surface area contributed by atoms with Crippen molar-refractivity contribution in [3.05, 3.63) is 71.4 Å². The number of hydrogen-bond acceptors (Lipinski definition) is 4. The number of H-pyrrole nitrogens is 1. The first-order valence-corrected chi connectivity index (χ1v) is 10.9. The number of imidazole rings is 1. The average molecular weight is 447 g/mol. The van der Waals surface area contributed by atoms with Gasteiger partial charge >= 0.3 is 6.03 Å². The highest BCUT2D eigenvalue weighted by molar-refractivity contribution is 6.31. The second-order valence-corrected chi connectivity index (χ2v) is 8.31. The van der Waals surface area contributed by atoms with E-state index in [1.807, 2.05) is 72.6 Å². The van der Waals surface area contributed by atoms with Crippen molar-refractivity contribution in [3.8, 4) is 11.4 Å². The summed E-state index contributed by atoms with van der Waals surface area (Å²) in [5.41, 5.74) is 4.59. The van der Waals surface area contributed by atoms with Crippen LogP contribution in [0.2, 0.25) is 5.02 Å². The Hall–Kier alpha value is -3.58. The molecular weight excluding hydrogens is 424 g/mol. The van der Waals surface area contributed by atoms with E-state index in [0.29, 0.717) is 18.1 Å². The van der Waals surface area contributed by atoms with E-state index in [4.69, 9.17) is 11.6 Å². The summed E-state index contributed by atoms with van der Waals surface area (Å²) in [4.78, 5) is 29.2. The Morgan fingerprint density at radius 2 is 1.88 bits per heavy atom. The summed E-state index contributed by atoms with van der Waals surface area (Å²) in [5.74, 6) is 1.66. The zero-order valence-electron chi connectivity index (χ0n) is 17.7. The molecule has 1 aliphatic heterocycles. The highest BCUT2D eigenvalue weighted by atomic mass is 35.5. The monoisotopic (exact) mass is 446 g/mol. The van der Waals surface area contributed by atoms with E-state index < -0.39 is 0 Å². The molecule has 7 nitrogen and oxygen atoms in total. The number of aryl methyl sites for hydroxylation is 1. The smallest absolute Gasteiger partial charge is 0.321 e. The number of carbonyl (C=O) groups is 1. The molecule has 8 heteroatoms. The summed E-state index contributed by atoms with van der Waals surface area (Å²) < 4.78 is 0. The lowest BCUT2D eigenvalue weighted by molar-refractivity contribution is 0.208. The Morgan fingerprint density at radius 1 is 1.06 bits per heavy atom. The molecule has 2 aromatic carbocycles. The third-order valence-corrected chi connectivity index (χ3v) is 5.98. The van der Waals surface area contributed by atoms with E-state index in [-0.39, 0.29) is 6.03 Å². The summed E-state index contributed by atoms with van der Waals surface area (Å²) in [6, 6.07) is 17.4. The molecule has 2 amide bonds. The summed E-state index contributed by atoms with van der Waals surface area (Å²) in [7, 11) is 0. The number of anilines is 2. The number of fused-ring (bicyclic) bond motifs is 1. The number of carbonyl (C=O) groups excluding carboxylic acids is 1. The highest BCUT2D eigenvalue weighted by Crippen LogP contribution is 2.24. The molecule has 2 N–H and O–H groups in total. The number of aromatic nitrogens is 3. The summed E-state index contributed by atoms with van der Waals surface area (Å²) in [6.07, 6.45) is 1.83. The minimum absolute atomic E-state index is 0.0627. The fraction of sp³-hybridized carbons (Fsp3) is 0.208. The van der Waals surface area contributed by atoms with Crippen LogP contribution in [-0.2, 0) is 0 Å². The quantitative estimate of drug-likeness (QED) is 0.467. The van der Waals surface area contributed by atoms with Crippen LogP contribution >= 0.6 is 11.6 Å². The largest absolute Gasteiger partial charge is 0.353 e. The molecule has 0 atom stereocenters. The fourth-order valence-electron chi connectivity index (χ4n) is 3.87. The van der Waals surface area contributed by atoms with Crippen LogP contribution in [0, 0.1) is 6.92 Å². The second kappa shape index (κ2) is 8.51. The first-order chi connectivity index (χ1) is 15.6. The third-order valence-electron chi connectivity index (χ3n) is 5.74. The molecule has 0 saturated carbocycles. The van der Waals surface area contributed by atoms with Crippen LogP contribution in [0.5, 0.6) is 0 Å². The first-order valence-electron chi connectivity index (χ1n) is 10.5. The summed E-state index contributed by atoms with van der Waals surface area (Å²) >= 11 is 6.06. The second-order valence-electron chi connectivity index (χ2n) is 7.87. The van der Waals surface area contributed by atoms with Crippen LogP contribution in [-0.4, -0.2) is 52.1 Å². The molecule has 3 heterocycles. The number of amides is 2. The van der Waals surface area contributed by atoms with Crippen molar-refractivity contribution in [1.82, 2.24) is 19.9 Å². The van der Waals surface area contributed by atoms with E-state index in [1.165, 1.54) is 0 Å². The Morgan fingerprint density at radius 3 is 2.62 bits per heavy atom. The highest BCUT2D eigenvalue weighted by Gasteiger charge is 2.22. The predicted octanol–water partition coefficient (Wildman–Crippen LogP) is 4.94. The van der Waals surface area contributed by atoms with Crippen molar-refractivity contribution in [2.75, 3.05) is 36.4 Å². The number of para-hydroxylation sites is 1. The SMILES string of the molecule is Cc1ccccc1NC(=O)N1CCN(c2ccc(-c3nc4cc(Cl)ccc4[nH]3)cn2)CC1. The van der Waals surface area contributed by atoms with Gasteiger partial charge in [-0.25, -0.2) is 14.8 Å². The van der Waals surface area contributed by atoms with E-state index in [0.717, 1.165) is 52.6 Å². The van der Waals surface area contributed by atoms with Crippen LogP contribution in [0.15, 0.2) is 60.8 Å². The van der Waals surface area contributed by atoms with Crippen molar-refractivity contribution >= 4 is 40.2 Å². The molecule has 2 aromatic heterocycles. The molecule has 5 rings (SSSR count). The van der Waals surface area contributed by atoms with Crippen LogP contribution in [0.4, 0.5) is 16.3 Å². The number of nitrogens with one attached hydrogen (secondary N) is 2. The van der Waals surface area contributed by atoms with Crippen LogP contribution in [0.3, 0.4) is 0 Å². The van der Waals surface area contributed by atoms with E-state index in [1.54, 1.807) is 0 Å². The van der Waals surface area contributed by atoms with E-state index in [9.17, 15) is 4.79 Å². The Balaban J connectivity index is 1.22. The van der Waals surface area contributed by atoms with Gasteiger partial charge in [-0.15, -0.1) is 0 Å². The standard InChI is InChI=1S/C24H23ClN6O/c1-16-4-2-3-5-19(16)29-24(32)31-12-10-30(11-13-31)22-9-6-17(15-26-22)23-27-20-8-7-18(25)14-21(20)28-23/h2-9,14-15H,10-13H2,1H3,(H,27,28)(H,29,32). The number of halogens is 1. The van der Waals surface area contributed by atoms with Crippen LogP contribution in [0.1, 0.15) is 5.56 Å². The van der Waals surface area contributed by atoms with Crippen molar-refractivity contribution in [2.24, 2.45) is 0 Å². The molecule has 0 radical (unpaired) electrons. The lowest BCUT2D eigenvalue weighted by Gasteiger charge is -2.35. The van der Waals surface area contributed by atoms with E-state index >= 15 is 0 Å². The lowest BCUT2D eigenvalue weighted by atomic mass is 10.2. The van der Waals surface area contributed by atoms with Crippen LogP contribution in [0.25, 0.3) is 22.4 Å². The molecule has 162 valence electrons. The fourth-order valence-corrected chi connectivity index (χ4v) is 4.04. The number of pyridine rings is 1. The molecule has 4 aromatic rings. The van der Waals surface area contributed by atoms with Gasteiger partial charge in [0.05, 0.1) is 11.0 Å². The summed E-state index contributed by atoms with van der Waals surface area (Å²) in [6.45, 7) is 4.74. The van der Waals surface area contributed by atoms with Gasteiger partial charge in [-0.2, -0.15) is 0 Å². The Bertz CT molecular complexity index is 1260. The molecule has 0 spiro atoms. The van der Waals surface area contributed by atoms with Gasteiger partial charge in [-0.1, -0.05) is 29.8 Å². The first kappa shape index (κ1) is 20.3. The molecule has 0 aliphatic carbocycles. The molecular formula is C24H23ClN6O. The number of nitrogens with zero attached hydrogens (tertiary/aromatic N) is 4. The normalized spacial score (nSPS) is 14.1. The molecule has 0 bridgehead atoms. The number of benzene rings is 2. The van der Waals surface area contributed by atoms with E-state index in [2.05, 4.69) is 25.2 Å². The number of aromatic amines is 1. The average Bonchev–Trinajstić information content (AvgIpc) is 3.24. The Labute approximate surface area is 191 Å². The zero-order chi connectivity index (χ0) is 22.1. The molecule has 1 aliphatic rings. The number of piperazine rings is 1. The molecule has 1 fully saturated rings. The van der Waals surface area contributed by atoms with Crippen molar-refractivity contribution in [3.63, 3.8) is 0 Å². The third kappa shape index (κ3) is 4.11. The van der Waals surface area contributed by atoms with Crippen LogP contribution < -0.4 is 10.2 Å². The van der Waals surface area contributed by atoms with Crippen molar-refractivity contribution < 1.29 is 4.79 Å². The van der Waals surface area contributed by atoms with Gasteiger partial charge in [0, 0.05) is 48.6 Å². The van der Waals surface area contributed by atoms with Gasteiger partial charge in [0.25, 0.3) is 0 Å². The van der Waals surface area contributed by atoms with Gasteiger partial charge in [-0.3, -0.25) is 0 Å². The molecule has 0 unspecified atom stereocenters. The topological polar surface area (TPSA) is 77.2 Å². The van der Waals surface area contributed by atoms with Gasteiger partial charge in [0.15, 0.2) is 0 Å². The van der Waals surface area contributed by atoms with Gasteiger partial charge in [0.1, 0.15) is 11.6 Å². The number of hydrogen-bond donors (Lipinski definition) is 2. The molecule has 32 heavy (non-hydrogen) atoms. The minimum Gasteiger partial charge on any atom is -0.353 e. The maximum absolute atomic E-state index is 12.6. The Kier molecular flexibility index (Phi) is 5.41. The van der Waals surface area contributed by atoms with Gasteiger partial charge in [0.2, 0.25) is 0 Å². The summed E-state index contributed by atoms with van der Waals surface area (Å²) in [5, 5.41) is 3.67. The lowest BCUT2D eigenvalue weighted by Crippen LogP contribution is -2.50. The molecule has 1 saturated heterocycles. The van der Waals surface area contributed by atoms with Gasteiger partial charge < -0.3 is 20.1 Å². The maximum Gasteiger partial charge on any atom is 0.321 e.